The fourth-order valence-electron chi connectivity index (χ4n) is 4.07. The van der Waals surface area contributed by atoms with Crippen molar-refractivity contribution in [1.82, 2.24) is 10.3 Å². The molecule has 3 aromatic rings. The van der Waals surface area contributed by atoms with E-state index in [9.17, 15) is 9.18 Å². The van der Waals surface area contributed by atoms with Gasteiger partial charge in [-0.1, -0.05) is 47.7 Å². The van der Waals surface area contributed by atoms with E-state index < -0.39 is 0 Å². The molecule has 1 fully saturated rings. The molecule has 2 aliphatic rings. The summed E-state index contributed by atoms with van der Waals surface area (Å²) < 4.78 is 13.4. The Bertz CT molecular complexity index is 1020. The monoisotopic (exact) mass is 365 g/mol. The lowest BCUT2D eigenvalue weighted by molar-refractivity contribution is 0.0944. The van der Waals surface area contributed by atoms with Crippen LogP contribution in [0.2, 0.25) is 0 Å². The van der Waals surface area contributed by atoms with Crippen LogP contribution in [-0.4, -0.2) is 16.9 Å². The van der Waals surface area contributed by atoms with Crippen LogP contribution >= 0.6 is 11.3 Å². The number of nitrogens with two attached hydrogens (primary N) is 1. The van der Waals surface area contributed by atoms with E-state index in [1.807, 2.05) is 36.4 Å². The summed E-state index contributed by atoms with van der Waals surface area (Å²) in [6.07, 6.45) is 0.813. The number of benzene rings is 2. The van der Waals surface area contributed by atoms with Crippen molar-refractivity contribution in [2.45, 2.75) is 18.4 Å². The van der Waals surface area contributed by atoms with Crippen LogP contribution in [0.1, 0.15) is 27.5 Å². The molecule has 0 spiro atoms. The van der Waals surface area contributed by atoms with E-state index in [0.29, 0.717) is 16.7 Å². The number of carbonyl (C=O) groups is 1. The van der Waals surface area contributed by atoms with Gasteiger partial charge < -0.3 is 11.1 Å². The summed E-state index contributed by atoms with van der Waals surface area (Å²) in [5, 5.41) is 3.49. The van der Waals surface area contributed by atoms with E-state index in [4.69, 9.17) is 5.73 Å². The van der Waals surface area contributed by atoms with Gasteiger partial charge in [-0.05, 0) is 41.2 Å². The summed E-state index contributed by atoms with van der Waals surface area (Å²) in [5.74, 6) is 0.244. The van der Waals surface area contributed by atoms with Gasteiger partial charge in [0.05, 0.1) is 4.88 Å². The SMILES string of the molecule is Nc1nc(C(=O)NC2C3Cc4cc(F)ccc4C32)c(-c2ccccc2)s1. The molecule has 4 nitrogen and oxygen atoms in total. The van der Waals surface area contributed by atoms with Crippen molar-refractivity contribution in [3.8, 4) is 10.4 Å². The van der Waals surface area contributed by atoms with Gasteiger partial charge in [0.15, 0.2) is 5.13 Å². The maximum atomic E-state index is 13.4. The highest BCUT2D eigenvalue weighted by molar-refractivity contribution is 7.19. The Morgan fingerprint density at radius 3 is 2.85 bits per heavy atom. The molecule has 3 unspecified atom stereocenters. The third-order valence-corrected chi connectivity index (χ3v) is 6.21. The largest absolute Gasteiger partial charge is 0.375 e. The van der Waals surface area contributed by atoms with Gasteiger partial charge in [0, 0.05) is 12.0 Å². The number of hydrogen-bond acceptors (Lipinski definition) is 4. The molecule has 3 atom stereocenters. The molecule has 130 valence electrons. The van der Waals surface area contributed by atoms with Crippen molar-refractivity contribution >= 4 is 22.4 Å². The molecule has 0 radical (unpaired) electrons. The number of nitrogens with one attached hydrogen (secondary N) is 1. The van der Waals surface area contributed by atoms with Gasteiger partial charge in [0.25, 0.3) is 5.91 Å². The summed E-state index contributed by atoms with van der Waals surface area (Å²) in [4.78, 5) is 17.9. The highest BCUT2D eigenvalue weighted by Gasteiger charge is 2.56. The van der Waals surface area contributed by atoms with E-state index in [2.05, 4.69) is 10.3 Å². The topological polar surface area (TPSA) is 68.0 Å². The van der Waals surface area contributed by atoms with Gasteiger partial charge in [-0.3, -0.25) is 4.79 Å². The third-order valence-electron chi connectivity index (χ3n) is 5.28. The fraction of sp³-hybridized carbons (Fsp3) is 0.200. The zero-order valence-electron chi connectivity index (χ0n) is 13.8. The first kappa shape index (κ1) is 15.5. The Labute approximate surface area is 153 Å². The van der Waals surface area contributed by atoms with Gasteiger partial charge in [-0.2, -0.15) is 0 Å². The number of rotatable bonds is 3. The maximum Gasteiger partial charge on any atom is 0.271 e. The average molecular weight is 365 g/mol. The number of nitrogens with zero attached hydrogens (tertiary/aromatic N) is 1. The van der Waals surface area contributed by atoms with E-state index >= 15 is 0 Å². The molecule has 2 aliphatic carbocycles. The van der Waals surface area contributed by atoms with Crippen LogP contribution in [0.15, 0.2) is 48.5 Å². The minimum Gasteiger partial charge on any atom is -0.375 e. The summed E-state index contributed by atoms with van der Waals surface area (Å²) in [6.45, 7) is 0. The molecule has 26 heavy (non-hydrogen) atoms. The number of aromatic nitrogens is 1. The number of halogens is 1. The predicted octanol–water partition coefficient (Wildman–Crippen LogP) is 3.60. The molecule has 1 amide bonds. The molecule has 2 aromatic carbocycles. The van der Waals surface area contributed by atoms with Crippen LogP contribution in [0.25, 0.3) is 10.4 Å². The smallest absolute Gasteiger partial charge is 0.271 e. The predicted molar refractivity (Wildman–Crippen MR) is 99.6 cm³/mol. The Kier molecular flexibility index (Phi) is 3.37. The van der Waals surface area contributed by atoms with Crippen LogP contribution < -0.4 is 11.1 Å². The van der Waals surface area contributed by atoms with E-state index in [1.165, 1.54) is 17.4 Å². The maximum absolute atomic E-state index is 13.4. The molecule has 0 aliphatic heterocycles. The van der Waals surface area contributed by atoms with E-state index in [-0.39, 0.29) is 23.7 Å². The number of fused-ring (bicyclic) bond motifs is 3. The standard InChI is InChI=1S/C20H16FN3OS/c21-12-6-7-13-11(8-12)9-14-15(13)16(14)23-19(25)17-18(26-20(22)24-17)10-4-2-1-3-5-10/h1-8,14-16H,9H2,(H2,22,24)(H,23,25). The number of hydrogen-bond donors (Lipinski definition) is 2. The normalized spacial score (nSPS) is 22.6. The number of carbonyl (C=O) groups excluding carboxylic acids is 1. The summed E-state index contributed by atoms with van der Waals surface area (Å²) in [6, 6.07) is 14.7. The first-order chi connectivity index (χ1) is 12.6. The second kappa shape index (κ2) is 5.64. The zero-order valence-corrected chi connectivity index (χ0v) is 14.6. The molecule has 0 bridgehead atoms. The summed E-state index contributed by atoms with van der Waals surface area (Å²) in [7, 11) is 0. The van der Waals surface area contributed by atoms with Gasteiger partial charge in [-0.25, -0.2) is 9.37 Å². The first-order valence-electron chi connectivity index (χ1n) is 8.53. The number of thiazole rings is 1. The van der Waals surface area contributed by atoms with Crippen LogP contribution in [0, 0.1) is 11.7 Å². The van der Waals surface area contributed by atoms with Crippen LogP contribution in [-0.2, 0) is 6.42 Å². The first-order valence-corrected chi connectivity index (χ1v) is 9.34. The Balaban J connectivity index is 1.38. The molecule has 1 heterocycles. The van der Waals surface area contributed by atoms with Crippen molar-refractivity contribution in [1.29, 1.82) is 0 Å². The lowest BCUT2D eigenvalue weighted by Crippen LogP contribution is -2.29. The number of amides is 1. The second-order valence-electron chi connectivity index (χ2n) is 6.83. The van der Waals surface area contributed by atoms with Crippen molar-refractivity contribution in [3.05, 3.63) is 71.2 Å². The van der Waals surface area contributed by atoms with E-state index in [0.717, 1.165) is 28.0 Å². The summed E-state index contributed by atoms with van der Waals surface area (Å²) in [5.41, 5.74) is 9.39. The Morgan fingerprint density at radius 1 is 1.23 bits per heavy atom. The fourth-order valence-corrected chi connectivity index (χ4v) is 4.91. The lowest BCUT2D eigenvalue weighted by Gasteiger charge is -2.10. The molecule has 1 saturated carbocycles. The van der Waals surface area contributed by atoms with Crippen LogP contribution in [0.4, 0.5) is 9.52 Å². The van der Waals surface area contributed by atoms with Crippen LogP contribution in [0.3, 0.4) is 0 Å². The van der Waals surface area contributed by atoms with Gasteiger partial charge in [-0.15, -0.1) is 0 Å². The van der Waals surface area contributed by atoms with Crippen molar-refractivity contribution in [3.63, 3.8) is 0 Å². The van der Waals surface area contributed by atoms with Crippen molar-refractivity contribution < 1.29 is 9.18 Å². The summed E-state index contributed by atoms with van der Waals surface area (Å²) >= 11 is 1.32. The van der Waals surface area contributed by atoms with Crippen molar-refractivity contribution in [2.24, 2.45) is 5.92 Å². The van der Waals surface area contributed by atoms with Gasteiger partial charge >= 0.3 is 0 Å². The quantitative estimate of drug-likeness (QED) is 0.745. The average Bonchev–Trinajstić information content (AvgIpc) is 2.99. The van der Waals surface area contributed by atoms with Crippen LogP contribution in [0.5, 0.6) is 0 Å². The molecule has 1 aromatic heterocycles. The highest BCUT2D eigenvalue weighted by atomic mass is 32.1. The molecule has 6 heteroatoms. The number of nitrogen functional groups attached to an aromatic ring is 1. The molecular weight excluding hydrogens is 349 g/mol. The lowest BCUT2D eigenvalue weighted by atomic mass is 10.0. The van der Waals surface area contributed by atoms with Gasteiger partial charge in [0.1, 0.15) is 11.5 Å². The molecule has 5 rings (SSSR count). The molecule has 3 N–H and O–H groups in total. The molecule has 0 saturated heterocycles. The number of anilines is 1. The Morgan fingerprint density at radius 2 is 2.04 bits per heavy atom. The molecular formula is C20H16FN3OS. The van der Waals surface area contributed by atoms with E-state index in [1.54, 1.807) is 6.07 Å². The zero-order chi connectivity index (χ0) is 17.8. The Hall–Kier alpha value is -2.73. The van der Waals surface area contributed by atoms with Crippen molar-refractivity contribution in [2.75, 3.05) is 5.73 Å². The minimum atomic E-state index is -0.198. The minimum absolute atomic E-state index is 0.0898. The second-order valence-corrected chi connectivity index (χ2v) is 7.86. The third kappa shape index (κ3) is 2.41. The van der Waals surface area contributed by atoms with Gasteiger partial charge in [0.2, 0.25) is 0 Å². The highest BCUT2D eigenvalue weighted by Crippen LogP contribution is 2.56.